The Hall–Kier alpha value is -0.610. The van der Waals surface area contributed by atoms with Crippen molar-refractivity contribution in [3.63, 3.8) is 0 Å². The fraction of sp³-hybridized carbons (Fsp3) is 0.917. The lowest BCUT2D eigenvalue weighted by atomic mass is 10.1. The highest BCUT2D eigenvalue weighted by atomic mass is 16.5. The van der Waals surface area contributed by atoms with Gasteiger partial charge in [-0.15, -0.1) is 0 Å². The van der Waals surface area contributed by atoms with Crippen molar-refractivity contribution in [3.05, 3.63) is 0 Å². The maximum Gasteiger partial charge on any atom is 0.319 e. The molecule has 4 heteroatoms. The van der Waals surface area contributed by atoms with Crippen molar-refractivity contribution in [2.24, 2.45) is 5.92 Å². The Morgan fingerprint density at radius 2 is 2.00 bits per heavy atom. The van der Waals surface area contributed by atoms with Gasteiger partial charge in [0.05, 0.1) is 20.3 Å². The molecule has 1 saturated carbocycles. The van der Waals surface area contributed by atoms with E-state index in [1.165, 1.54) is 32.8 Å². The Morgan fingerprint density at radius 1 is 1.31 bits per heavy atom. The average Bonchev–Trinajstić information content (AvgIpc) is 2.78. The summed E-state index contributed by atoms with van der Waals surface area (Å²) in [6.07, 6.45) is 5.26. The van der Waals surface area contributed by atoms with E-state index in [0.717, 1.165) is 19.0 Å². The molecular weight excluding hydrogens is 206 g/mol. The molecule has 0 aromatic carbocycles. The van der Waals surface area contributed by atoms with Crippen LogP contribution in [0.1, 0.15) is 25.7 Å². The molecule has 1 aliphatic rings. The van der Waals surface area contributed by atoms with Crippen molar-refractivity contribution in [1.29, 1.82) is 0 Å². The second-order valence-corrected chi connectivity index (χ2v) is 4.45. The number of nitrogens with zero attached hydrogens (tertiary/aromatic N) is 1. The fourth-order valence-corrected chi connectivity index (χ4v) is 2.26. The van der Waals surface area contributed by atoms with Crippen LogP contribution in [0.2, 0.25) is 0 Å². The van der Waals surface area contributed by atoms with Crippen molar-refractivity contribution in [2.75, 3.05) is 40.5 Å². The van der Waals surface area contributed by atoms with Crippen molar-refractivity contribution in [3.8, 4) is 0 Å². The summed E-state index contributed by atoms with van der Waals surface area (Å²) in [5.74, 6) is 0.593. The van der Waals surface area contributed by atoms with Crippen LogP contribution in [0.4, 0.5) is 0 Å². The van der Waals surface area contributed by atoms with Crippen molar-refractivity contribution < 1.29 is 14.3 Å². The quantitative estimate of drug-likeness (QED) is 0.617. The Bertz CT molecular complexity index is 202. The van der Waals surface area contributed by atoms with Crippen LogP contribution in [0.25, 0.3) is 0 Å². The fourth-order valence-electron chi connectivity index (χ4n) is 2.26. The summed E-state index contributed by atoms with van der Waals surface area (Å²) in [5.41, 5.74) is 0. The van der Waals surface area contributed by atoms with Gasteiger partial charge >= 0.3 is 5.97 Å². The van der Waals surface area contributed by atoms with Gasteiger partial charge < -0.3 is 9.47 Å². The predicted molar refractivity (Wildman–Crippen MR) is 62.3 cm³/mol. The van der Waals surface area contributed by atoms with Crippen LogP contribution in [-0.4, -0.2) is 51.3 Å². The van der Waals surface area contributed by atoms with Crippen LogP contribution in [0.5, 0.6) is 0 Å². The molecule has 1 aliphatic carbocycles. The summed E-state index contributed by atoms with van der Waals surface area (Å²) >= 11 is 0. The molecule has 1 rings (SSSR count). The van der Waals surface area contributed by atoms with Gasteiger partial charge in [0, 0.05) is 20.2 Å². The van der Waals surface area contributed by atoms with E-state index in [2.05, 4.69) is 4.90 Å². The first-order valence-electron chi connectivity index (χ1n) is 6.04. The van der Waals surface area contributed by atoms with Crippen molar-refractivity contribution in [1.82, 2.24) is 4.90 Å². The SMILES string of the molecule is COCCN(CC(=O)OC)CC1CCCC1. The van der Waals surface area contributed by atoms with Gasteiger partial charge in [0.1, 0.15) is 0 Å². The van der Waals surface area contributed by atoms with Crippen LogP contribution in [-0.2, 0) is 14.3 Å². The smallest absolute Gasteiger partial charge is 0.319 e. The third-order valence-electron chi connectivity index (χ3n) is 3.18. The topological polar surface area (TPSA) is 38.8 Å². The largest absolute Gasteiger partial charge is 0.468 e. The Labute approximate surface area is 97.9 Å². The number of hydrogen-bond donors (Lipinski definition) is 0. The van der Waals surface area contributed by atoms with E-state index in [4.69, 9.17) is 9.47 Å². The molecule has 0 aromatic rings. The van der Waals surface area contributed by atoms with Crippen molar-refractivity contribution in [2.45, 2.75) is 25.7 Å². The first-order valence-corrected chi connectivity index (χ1v) is 6.04. The Kier molecular flexibility index (Phi) is 6.42. The summed E-state index contributed by atoms with van der Waals surface area (Å²) in [6, 6.07) is 0. The highest BCUT2D eigenvalue weighted by Crippen LogP contribution is 2.25. The predicted octanol–water partition coefficient (Wildman–Crippen LogP) is 1.30. The maximum absolute atomic E-state index is 11.3. The number of esters is 1. The zero-order valence-corrected chi connectivity index (χ0v) is 10.4. The third kappa shape index (κ3) is 4.94. The van der Waals surface area contributed by atoms with Gasteiger partial charge in [-0.2, -0.15) is 0 Å². The molecule has 0 radical (unpaired) electrons. The lowest BCUT2D eigenvalue weighted by molar-refractivity contribution is -0.142. The molecule has 0 N–H and O–H groups in total. The van der Waals surface area contributed by atoms with E-state index in [1.807, 2.05) is 0 Å². The monoisotopic (exact) mass is 229 g/mol. The molecule has 0 saturated heterocycles. The minimum atomic E-state index is -0.158. The van der Waals surface area contributed by atoms with Gasteiger partial charge in [-0.1, -0.05) is 12.8 Å². The molecule has 0 unspecified atom stereocenters. The highest BCUT2D eigenvalue weighted by molar-refractivity contribution is 5.71. The van der Waals surface area contributed by atoms with E-state index in [1.54, 1.807) is 7.11 Å². The first-order chi connectivity index (χ1) is 7.76. The molecule has 4 nitrogen and oxygen atoms in total. The van der Waals surface area contributed by atoms with E-state index >= 15 is 0 Å². The zero-order chi connectivity index (χ0) is 11.8. The molecule has 0 heterocycles. The number of methoxy groups -OCH3 is 2. The summed E-state index contributed by atoms with van der Waals surface area (Å²) < 4.78 is 9.76. The van der Waals surface area contributed by atoms with E-state index in [-0.39, 0.29) is 5.97 Å². The maximum atomic E-state index is 11.3. The van der Waals surface area contributed by atoms with E-state index < -0.39 is 0 Å². The summed E-state index contributed by atoms with van der Waals surface area (Å²) in [4.78, 5) is 13.4. The van der Waals surface area contributed by atoms with Gasteiger partial charge in [0.2, 0.25) is 0 Å². The van der Waals surface area contributed by atoms with Crippen LogP contribution >= 0.6 is 0 Å². The number of hydrogen-bond acceptors (Lipinski definition) is 4. The summed E-state index contributed by atoms with van der Waals surface area (Å²) in [6.45, 7) is 2.86. The van der Waals surface area contributed by atoms with Gasteiger partial charge in [0.15, 0.2) is 0 Å². The zero-order valence-electron chi connectivity index (χ0n) is 10.4. The molecule has 0 bridgehead atoms. The molecule has 0 atom stereocenters. The minimum Gasteiger partial charge on any atom is -0.468 e. The number of ether oxygens (including phenoxy) is 2. The van der Waals surface area contributed by atoms with Crippen LogP contribution in [0, 0.1) is 5.92 Å². The lowest BCUT2D eigenvalue weighted by Crippen LogP contribution is -2.36. The molecular formula is C12H23NO3. The number of rotatable bonds is 7. The van der Waals surface area contributed by atoms with Crippen LogP contribution in [0.15, 0.2) is 0 Å². The average molecular weight is 229 g/mol. The molecule has 1 fully saturated rings. The van der Waals surface area contributed by atoms with Crippen molar-refractivity contribution >= 4 is 5.97 Å². The second-order valence-electron chi connectivity index (χ2n) is 4.45. The normalized spacial score (nSPS) is 16.9. The summed E-state index contributed by atoms with van der Waals surface area (Å²) in [7, 11) is 3.12. The van der Waals surface area contributed by atoms with Gasteiger partial charge in [-0.25, -0.2) is 0 Å². The molecule has 0 amide bonds. The van der Waals surface area contributed by atoms with Gasteiger partial charge in [0.25, 0.3) is 0 Å². The van der Waals surface area contributed by atoms with Crippen LogP contribution in [0.3, 0.4) is 0 Å². The highest BCUT2D eigenvalue weighted by Gasteiger charge is 2.20. The third-order valence-corrected chi connectivity index (χ3v) is 3.18. The van der Waals surface area contributed by atoms with Gasteiger partial charge in [-0.3, -0.25) is 9.69 Å². The molecule has 0 spiro atoms. The van der Waals surface area contributed by atoms with E-state index in [9.17, 15) is 4.79 Å². The minimum absolute atomic E-state index is 0.158. The second kappa shape index (κ2) is 7.63. The first kappa shape index (κ1) is 13.5. The van der Waals surface area contributed by atoms with Gasteiger partial charge in [-0.05, 0) is 18.8 Å². The van der Waals surface area contributed by atoms with E-state index in [0.29, 0.717) is 13.2 Å². The van der Waals surface area contributed by atoms with Crippen LogP contribution < -0.4 is 0 Å². The standard InChI is InChI=1S/C12H23NO3/c1-15-8-7-13(10-12(14)16-2)9-11-5-3-4-6-11/h11H,3-10H2,1-2H3. The molecule has 0 aliphatic heterocycles. The molecule has 0 aromatic heterocycles. The summed E-state index contributed by atoms with van der Waals surface area (Å²) in [5, 5.41) is 0. The molecule has 16 heavy (non-hydrogen) atoms. The Balaban J connectivity index is 2.32. The number of carbonyl (C=O) groups is 1. The number of carbonyl (C=O) groups excluding carboxylic acids is 1. The molecule has 94 valence electrons. The Morgan fingerprint density at radius 3 is 2.56 bits per heavy atom. The lowest BCUT2D eigenvalue weighted by Gasteiger charge is -2.23.